The lowest BCUT2D eigenvalue weighted by Gasteiger charge is -2.01. The Morgan fingerprint density at radius 1 is 1.27 bits per heavy atom. The van der Waals surface area contributed by atoms with Gasteiger partial charge in [0.25, 0.3) is 0 Å². The van der Waals surface area contributed by atoms with Gasteiger partial charge < -0.3 is 11.5 Å². The van der Waals surface area contributed by atoms with E-state index in [1.165, 1.54) is 6.21 Å². The number of hydrogen-bond donors (Lipinski definition) is 2. The van der Waals surface area contributed by atoms with Crippen LogP contribution in [-0.4, -0.2) is 12.2 Å². The highest BCUT2D eigenvalue weighted by Crippen LogP contribution is 2.13. The van der Waals surface area contributed by atoms with Crippen LogP contribution in [0, 0.1) is 19.7 Å². The van der Waals surface area contributed by atoms with Gasteiger partial charge in [0.05, 0.1) is 6.21 Å². The molecule has 15 heavy (non-hydrogen) atoms. The van der Waals surface area contributed by atoms with Crippen LogP contribution in [0.4, 0.5) is 4.39 Å². The van der Waals surface area contributed by atoms with Crippen LogP contribution in [0.15, 0.2) is 22.3 Å². The number of halogens is 1. The average Bonchev–Trinajstić information content (AvgIpc) is 2.13. The maximum atomic E-state index is 13.2. The Bertz CT molecular complexity index is 396. The molecule has 0 saturated carbocycles. The van der Waals surface area contributed by atoms with E-state index in [4.69, 9.17) is 11.5 Å². The van der Waals surface area contributed by atoms with Gasteiger partial charge >= 0.3 is 0 Å². The minimum absolute atomic E-state index is 0.109. The first-order valence-corrected chi connectivity index (χ1v) is 4.39. The Morgan fingerprint density at radius 3 is 2.27 bits per heavy atom. The zero-order valence-electron chi connectivity index (χ0n) is 8.66. The van der Waals surface area contributed by atoms with E-state index in [9.17, 15) is 4.39 Å². The SMILES string of the molecule is Cc1cc(C=NN=C(N)N)cc(C)c1F. The zero-order valence-corrected chi connectivity index (χ0v) is 8.66. The summed E-state index contributed by atoms with van der Waals surface area (Å²) in [4.78, 5) is 0. The first-order chi connectivity index (χ1) is 7.00. The van der Waals surface area contributed by atoms with Gasteiger partial charge in [0.1, 0.15) is 5.82 Å². The lowest BCUT2D eigenvalue weighted by atomic mass is 10.1. The normalized spacial score (nSPS) is 10.6. The molecule has 0 aliphatic carbocycles. The molecular formula is C10H13FN4. The maximum absolute atomic E-state index is 13.2. The van der Waals surface area contributed by atoms with E-state index in [-0.39, 0.29) is 11.8 Å². The molecule has 0 spiro atoms. The van der Waals surface area contributed by atoms with Crippen LogP contribution in [0.2, 0.25) is 0 Å². The molecule has 4 N–H and O–H groups in total. The van der Waals surface area contributed by atoms with Crippen LogP contribution < -0.4 is 11.5 Å². The molecule has 0 heterocycles. The number of nitrogens with zero attached hydrogens (tertiary/aromatic N) is 2. The molecule has 4 nitrogen and oxygen atoms in total. The molecule has 0 amide bonds. The Morgan fingerprint density at radius 2 is 1.80 bits per heavy atom. The summed E-state index contributed by atoms with van der Waals surface area (Å²) in [7, 11) is 0. The summed E-state index contributed by atoms with van der Waals surface area (Å²) < 4.78 is 13.2. The molecule has 0 radical (unpaired) electrons. The van der Waals surface area contributed by atoms with E-state index in [1.807, 2.05) is 0 Å². The van der Waals surface area contributed by atoms with Gasteiger partial charge in [-0.05, 0) is 42.7 Å². The van der Waals surface area contributed by atoms with Crippen molar-refractivity contribution in [1.82, 2.24) is 0 Å². The third-order valence-corrected chi connectivity index (χ3v) is 1.84. The fourth-order valence-electron chi connectivity index (χ4n) is 1.22. The number of nitrogens with two attached hydrogens (primary N) is 2. The minimum atomic E-state index is -0.200. The van der Waals surface area contributed by atoms with Gasteiger partial charge in [0, 0.05) is 0 Å². The zero-order chi connectivity index (χ0) is 11.4. The van der Waals surface area contributed by atoms with Crippen LogP contribution in [0.5, 0.6) is 0 Å². The van der Waals surface area contributed by atoms with Crippen molar-refractivity contribution in [3.8, 4) is 0 Å². The van der Waals surface area contributed by atoms with Crippen molar-refractivity contribution in [3.05, 3.63) is 34.6 Å². The molecule has 0 bridgehead atoms. The van der Waals surface area contributed by atoms with Crippen LogP contribution >= 0.6 is 0 Å². The lowest BCUT2D eigenvalue weighted by molar-refractivity contribution is 0.609. The molecule has 0 aromatic heterocycles. The predicted octanol–water partition coefficient (Wildman–Crippen LogP) is 1.05. The summed E-state index contributed by atoms with van der Waals surface area (Å²) in [5.74, 6) is -0.309. The quantitative estimate of drug-likeness (QED) is 0.433. The Labute approximate surface area is 87.5 Å². The van der Waals surface area contributed by atoms with Crippen molar-refractivity contribution in [2.24, 2.45) is 21.7 Å². The van der Waals surface area contributed by atoms with Gasteiger partial charge in [-0.15, -0.1) is 5.10 Å². The summed E-state index contributed by atoms with van der Waals surface area (Å²) >= 11 is 0. The number of guanidine groups is 1. The van der Waals surface area contributed by atoms with Crippen molar-refractivity contribution in [2.45, 2.75) is 13.8 Å². The van der Waals surface area contributed by atoms with E-state index in [0.29, 0.717) is 11.1 Å². The number of benzene rings is 1. The third kappa shape index (κ3) is 3.05. The fraction of sp³-hybridized carbons (Fsp3) is 0.200. The van der Waals surface area contributed by atoms with Crippen molar-refractivity contribution in [3.63, 3.8) is 0 Å². The number of hydrogen-bond acceptors (Lipinski definition) is 2. The van der Waals surface area contributed by atoms with Gasteiger partial charge in [-0.25, -0.2) is 4.39 Å². The van der Waals surface area contributed by atoms with Gasteiger partial charge in [-0.1, -0.05) is 0 Å². The van der Waals surface area contributed by atoms with Crippen molar-refractivity contribution in [1.29, 1.82) is 0 Å². The second kappa shape index (κ2) is 4.54. The molecule has 0 atom stereocenters. The highest BCUT2D eigenvalue weighted by atomic mass is 19.1. The monoisotopic (exact) mass is 208 g/mol. The molecule has 0 fully saturated rings. The first-order valence-electron chi connectivity index (χ1n) is 4.39. The molecule has 0 unspecified atom stereocenters. The van der Waals surface area contributed by atoms with E-state index in [2.05, 4.69) is 10.2 Å². The number of rotatable bonds is 2. The minimum Gasteiger partial charge on any atom is -0.369 e. The van der Waals surface area contributed by atoms with Crippen molar-refractivity contribution < 1.29 is 4.39 Å². The Balaban J connectivity index is 2.98. The van der Waals surface area contributed by atoms with Gasteiger partial charge in [0.2, 0.25) is 5.96 Å². The van der Waals surface area contributed by atoms with E-state index in [1.54, 1.807) is 26.0 Å². The molecule has 1 aromatic carbocycles. The van der Waals surface area contributed by atoms with E-state index >= 15 is 0 Å². The Hall–Kier alpha value is -1.91. The predicted molar refractivity (Wildman–Crippen MR) is 59.3 cm³/mol. The van der Waals surface area contributed by atoms with Crippen LogP contribution in [0.3, 0.4) is 0 Å². The standard InChI is InChI=1S/C10H13FN4/c1-6-3-8(4-7(2)9(6)11)5-14-15-10(12)13/h3-5H,1-2H3,(H4,12,13,15). The highest BCUT2D eigenvalue weighted by molar-refractivity contribution is 5.82. The molecular weight excluding hydrogens is 195 g/mol. The van der Waals surface area contributed by atoms with Crippen LogP contribution in [0.25, 0.3) is 0 Å². The Kier molecular flexibility index (Phi) is 3.38. The summed E-state index contributed by atoms with van der Waals surface area (Å²) in [6.07, 6.45) is 1.47. The second-order valence-corrected chi connectivity index (χ2v) is 3.24. The summed E-state index contributed by atoms with van der Waals surface area (Å²) in [6.45, 7) is 3.39. The third-order valence-electron chi connectivity index (χ3n) is 1.84. The largest absolute Gasteiger partial charge is 0.369 e. The first kappa shape index (κ1) is 11.2. The summed E-state index contributed by atoms with van der Waals surface area (Å²) in [6, 6.07) is 3.35. The molecule has 0 aliphatic rings. The average molecular weight is 208 g/mol. The second-order valence-electron chi connectivity index (χ2n) is 3.24. The van der Waals surface area contributed by atoms with Gasteiger partial charge in [-0.2, -0.15) is 5.10 Å². The van der Waals surface area contributed by atoms with Gasteiger partial charge in [-0.3, -0.25) is 0 Å². The fourth-order valence-corrected chi connectivity index (χ4v) is 1.22. The molecule has 1 aromatic rings. The summed E-state index contributed by atoms with van der Waals surface area (Å²) in [5, 5.41) is 7.09. The molecule has 1 rings (SSSR count). The molecule has 0 aliphatic heterocycles. The lowest BCUT2D eigenvalue weighted by Crippen LogP contribution is -2.21. The topological polar surface area (TPSA) is 76.8 Å². The van der Waals surface area contributed by atoms with Gasteiger partial charge in [0.15, 0.2) is 0 Å². The van der Waals surface area contributed by atoms with E-state index in [0.717, 1.165) is 5.56 Å². The molecule has 0 saturated heterocycles. The van der Waals surface area contributed by atoms with Crippen molar-refractivity contribution >= 4 is 12.2 Å². The molecule has 5 heteroatoms. The summed E-state index contributed by atoms with van der Waals surface area (Å²) in [5.41, 5.74) is 12.1. The smallest absolute Gasteiger partial charge is 0.211 e. The van der Waals surface area contributed by atoms with Crippen LogP contribution in [-0.2, 0) is 0 Å². The van der Waals surface area contributed by atoms with E-state index < -0.39 is 0 Å². The molecule has 80 valence electrons. The maximum Gasteiger partial charge on any atom is 0.211 e. The van der Waals surface area contributed by atoms with Crippen molar-refractivity contribution in [2.75, 3.05) is 0 Å². The number of aryl methyl sites for hydroxylation is 2. The highest BCUT2D eigenvalue weighted by Gasteiger charge is 2.02. The van der Waals surface area contributed by atoms with Crippen LogP contribution in [0.1, 0.15) is 16.7 Å².